The largest absolute Gasteiger partial charge is 0.315 e. The topological polar surface area (TPSA) is 46.2 Å². The van der Waals surface area contributed by atoms with Crippen molar-refractivity contribution in [2.75, 3.05) is 12.3 Å². The lowest BCUT2D eigenvalue weighted by molar-refractivity contribution is 0.520. The zero-order valence-corrected chi connectivity index (χ0v) is 12.3. The van der Waals surface area contributed by atoms with Crippen molar-refractivity contribution in [1.82, 2.24) is 5.32 Å². The van der Waals surface area contributed by atoms with Gasteiger partial charge in [-0.2, -0.15) is 0 Å². The molecule has 1 rings (SSSR count). The fourth-order valence-electron chi connectivity index (χ4n) is 2.05. The minimum Gasteiger partial charge on any atom is -0.315 e. The van der Waals surface area contributed by atoms with Crippen LogP contribution < -0.4 is 5.32 Å². The van der Waals surface area contributed by atoms with Gasteiger partial charge in [0, 0.05) is 6.04 Å². The Hall–Kier alpha value is -0.870. The third-order valence-electron chi connectivity index (χ3n) is 3.03. The van der Waals surface area contributed by atoms with Crippen molar-refractivity contribution in [2.45, 2.75) is 44.6 Å². The molecule has 1 aromatic rings. The van der Waals surface area contributed by atoms with Crippen LogP contribution in [0.4, 0.5) is 0 Å². The second-order valence-corrected chi connectivity index (χ2v) is 6.76. The summed E-state index contributed by atoms with van der Waals surface area (Å²) in [6.07, 6.45) is 1.59. The first-order valence-electron chi connectivity index (χ1n) is 6.49. The van der Waals surface area contributed by atoms with Gasteiger partial charge in [0.05, 0.1) is 10.6 Å². The monoisotopic (exact) mass is 269 g/mol. The van der Waals surface area contributed by atoms with Crippen molar-refractivity contribution >= 4 is 9.84 Å². The predicted molar refractivity (Wildman–Crippen MR) is 75.6 cm³/mol. The number of sulfone groups is 1. The Kier molecular flexibility index (Phi) is 5.82. The first-order chi connectivity index (χ1) is 8.47. The van der Waals surface area contributed by atoms with E-state index in [0.717, 1.165) is 18.5 Å². The van der Waals surface area contributed by atoms with Crippen LogP contribution >= 0.6 is 0 Å². The minimum atomic E-state index is -3.13. The number of hydrogen-bond donors (Lipinski definition) is 1. The van der Waals surface area contributed by atoms with Gasteiger partial charge < -0.3 is 5.32 Å². The van der Waals surface area contributed by atoms with Crippen LogP contribution in [0.2, 0.25) is 0 Å². The van der Waals surface area contributed by atoms with Gasteiger partial charge >= 0.3 is 0 Å². The molecule has 0 saturated heterocycles. The second kappa shape index (κ2) is 6.90. The fourth-order valence-corrected chi connectivity index (χ4v) is 3.66. The lowest BCUT2D eigenvalue weighted by Gasteiger charge is -2.12. The summed E-state index contributed by atoms with van der Waals surface area (Å²) in [6, 6.07) is 7.55. The molecule has 0 aliphatic rings. The second-order valence-electron chi connectivity index (χ2n) is 4.69. The number of aryl methyl sites for hydroxylation is 1. The quantitative estimate of drug-likeness (QED) is 0.827. The molecule has 0 saturated carbocycles. The Morgan fingerprint density at radius 2 is 1.94 bits per heavy atom. The van der Waals surface area contributed by atoms with Gasteiger partial charge in [0.15, 0.2) is 9.84 Å². The van der Waals surface area contributed by atoms with E-state index in [1.165, 1.54) is 0 Å². The molecule has 4 heteroatoms. The van der Waals surface area contributed by atoms with Gasteiger partial charge in [0.1, 0.15) is 0 Å². The van der Waals surface area contributed by atoms with E-state index in [0.29, 0.717) is 17.4 Å². The molecule has 0 fully saturated rings. The highest BCUT2D eigenvalue weighted by molar-refractivity contribution is 7.91. The van der Waals surface area contributed by atoms with E-state index in [9.17, 15) is 8.42 Å². The Labute approximate surface area is 111 Å². The molecule has 1 atom stereocenters. The zero-order chi connectivity index (χ0) is 13.6. The molecule has 1 N–H and O–H groups in total. The smallest absolute Gasteiger partial charge is 0.178 e. The average Bonchev–Trinajstić information content (AvgIpc) is 2.29. The van der Waals surface area contributed by atoms with Crippen molar-refractivity contribution in [3.05, 3.63) is 29.8 Å². The Morgan fingerprint density at radius 3 is 2.56 bits per heavy atom. The molecule has 18 heavy (non-hydrogen) atoms. The van der Waals surface area contributed by atoms with E-state index in [1.54, 1.807) is 12.1 Å². The van der Waals surface area contributed by atoms with Gasteiger partial charge in [0.25, 0.3) is 0 Å². The van der Waals surface area contributed by atoms with Crippen LogP contribution in [0.3, 0.4) is 0 Å². The lowest BCUT2D eigenvalue weighted by atomic mass is 10.2. The lowest BCUT2D eigenvalue weighted by Crippen LogP contribution is -2.26. The van der Waals surface area contributed by atoms with Gasteiger partial charge in [-0.1, -0.05) is 25.1 Å². The molecule has 0 aliphatic heterocycles. The summed E-state index contributed by atoms with van der Waals surface area (Å²) >= 11 is 0. The van der Waals surface area contributed by atoms with Crippen LogP contribution in [-0.4, -0.2) is 26.8 Å². The first-order valence-corrected chi connectivity index (χ1v) is 8.14. The third kappa shape index (κ3) is 4.42. The number of rotatable bonds is 7. The van der Waals surface area contributed by atoms with E-state index >= 15 is 0 Å². The standard InChI is InChI=1S/C14H23NO2S/c1-4-15-13(3)9-7-11-18(16,17)14-10-6-5-8-12(14)2/h5-6,8,10,13,15H,4,7,9,11H2,1-3H3. The average molecular weight is 269 g/mol. The van der Waals surface area contributed by atoms with Crippen LogP contribution in [-0.2, 0) is 9.84 Å². The molecule has 0 amide bonds. The summed E-state index contributed by atoms with van der Waals surface area (Å²) in [5.74, 6) is 0.230. The maximum Gasteiger partial charge on any atom is 0.178 e. The molecule has 0 aliphatic carbocycles. The van der Waals surface area contributed by atoms with E-state index in [-0.39, 0.29) is 5.75 Å². The summed E-state index contributed by atoms with van der Waals surface area (Å²) < 4.78 is 24.3. The molecule has 0 radical (unpaired) electrons. The van der Waals surface area contributed by atoms with Gasteiger partial charge in [0.2, 0.25) is 0 Å². The van der Waals surface area contributed by atoms with Crippen molar-refractivity contribution in [1.29, 1.82) is 0 Å². The first kappa shape index (κ1) is 15.2. The SMILES string of the molecule is CCNC(C)CCCS(=O)(=O)c1ccccc1C. The van der Waals surface area contributed by atoms with Crippen LogP contribution in [0, 0.1) is 6.92 Å². The number of benzene rings is 1. The van der Waals surface area contributed by atoms with Gasteiger partial charge in [-0.25, -0.2) is 8.42 Å². The van der Waals surface area contributed by atoms with E-state index in [1.807, 2.05) is 19.1 Å². The van der Waals surface area contributed by atoms with E-state index in [2.05, 4.69) is 19.2 Å². The maximum atomic E-state index is 12.2. The van der Waals surface area contributed by atoms with Crippen LogP contribution in [0.1, 0.15) is 32.3 Å². The molecule has 1 aromatic carbocycles. The fraction of sp³-hybridized carbons (Fsp3) is 0.571. The molecule has 102 valence electrons. The van der Waals surface area contributed by atoms with Gasteiger partial charge in [-0.05, 0) is 44.9 Å². The Bertz CT molecular complexity index is 468. The summed E-state index contributed by atoms with van der Waals surface area (Å²) in [6.45, 7) is 6.91. The zero-order valence-electron chi connectivity index (χ0n) is 11.4. The maximum absolute atomic E-state index is 12.2. The van der Waals surface area contributed by atoms with Crippen molar-refractivity contribution in [3.63, 3.8) is 0 Å². The molecule has 3 nitrogen and oxygen atoms in total. The molecule has 1 unspecified atom stereocenters. The van der Waals surface area contributed by atoms with Crippen LogP contribution in [0.15, 0.2) is 29.2 Å². The molecular weight excluding hydrogens is 246 g/mol. The highest BCUT2D eigenvalue weighted by Gasteiger charge is 2.16. The highest BCUT2D eigenvalue weighted by atomic mass is 32.2. The van der Waals surface area contributed by atoms with E-state index < -0.39 is 9.84 Å². The van der Waals surface area contributed by atoms with Crippen LogP contribution in [0.25, 0.3) is 0 Å². The normalized spacial score (nSPS) is 13.5. The van der Waals surface area contributed by atoms with Crippen molar-refractivity contribution in [2.24, 2.45) is 0 Å². The molecule has 0 heterocycles. The molecule has 0 aromatic heterocycles. The summed E-state index contributed by atoms with van der Waals surface area (Å²) in [5.41, 5.74) is 0.831. The van der Waals surface area contributed by atoms with E-state index in [4.69, 9.17) is 0 Å². The summed E-state index contributed by atoms with van der Waals surface area (Å²) in [4.78, 5) is 0.473. The molecule has 0 spiro atoms. The number of hydrogen-bond acceptors (Lipinski definition) is 3. The highest BCUT2D eigenvalue weighted by Crippen LogP contribution is 2.17. The minimum absolute atomic E-state index is 0.230. The summed E-state index contributed by atoms with van der Waals surface area (Å²) in [5, 5.41) is 3.29. The van der Waals surface area contributed by atoms with Gasteiger partial charge in [-0.3, -0.25) is 0 Å². The Balaban J connectivity index is 2.59. The third-order valence-corrected chi connectivity index (χ3v) is 4.99. The molecular formula is C14H23NO2S. The predicted octanol–water partition coefficient (Wildman–Crippen LogP) is 2.55. The van der Waals surface area contributed by atoms with Gasteiger partial charge in [-0.15, -0.1) is 0 Å². The Morgan fingerprint density at radius 1 is 1.28 bits per heavy atom. The van der Waals surface area contributed by atoms with Crippen molar-refractivity contribution in [3.8, 4) is 0 Å². The molecule has 0 bridgehead atoms. The summed E-state index contributed by atoms with van der Waals surface area (Å²) in [7, 11) is -3.13. The number of nitrogens with one attached hydrogen (secondary N) is 1. The van der Waals surface area contributed by atoms with Crippen molar-refractivity contribution < 1.29 is 8.42 Å². The van der Waals surface area contributed by atoms with Crippen LogP contribution in [0.5, 0.6) is 0 Å².